The molecular weight excluding hydrogens is 276 g/mol. The molecule has 0 amide bonds. The van der Waals surface area contributed by atoms with Gasteiger partial charge < -0.3 is 14.2 Å². The van der Waals surface area contributed by atoms with Crippen molar-refractivity contribution in [2.75, 3.05) is 0 Å². The van der Waals surface area contributed by atoms with Crippen molar-refractivity contribution in [1.82, 2.24) is 0 Å². The Hall–Kier alpha value is -2.08. The van der Waals surface area contributed by atoms with Crippen molar-refractivity contribution >= 4 is 29.5 Å². The third kappa shape index (κ3) is 4.59. The number of hydrogen-bond donors (Lipinski definition) is 0. The van der Waals surface area contributed by atoms with E-state index in [9.17, 15) is 14.4 Å². The maximum Gasteiger partial charge on any atom is 0.308 e. The number of carbonyl (C=O) groups is 3. The van der Waals surface area contributed by atoms with E-state index in [0.29, 0.717) is 0 Å². The van der Waals surface area contributed by atoms with E-state index in [1.54, 1.807) is 0 Å². The van der Waals surface area contributed by atoms with Gasteiger partial charge in [-0.25, -0.2) is 0 Å². The fourth-order valence-corrected chi connectivity index (χ4v) is 1.42. The Bertz CT molecular complexity index is 500. The highest BCUT2D eigenvalue weighted by molar-refractivity contribution is 6.33. The van der Waals surface area contributed by atoms with Crippen LogP contribution in [0.5, 0.6) is 17.2 Å². The van der Waals surface area contributed by atoms with Gasteiger partial charge in [-0.05, 0) is 0 Å². The van der Waals surface area contributed by atoms with E-state index in [2.05, 4.69) is 0 Å². The Morgan fingerprint density at radius 1 is 0.842 bits per heavy atom. The Kier molecular flexibility index (Phi) is 4.88. The lowest BCUT2D eigenvalue weighted by Crippen LogP contribution is -2.07. The number of carbonyl (C=O) groups excluding carboxylic acids is 3. The summed E-state index contributed by atoms with van der Waals surface area (Å²) in [6.45, 7) is 3.56. The summed E-state index contributed by atoms with van der Waals surface area (Å²) in [5, 5.41) is -0.0682. The molecule has 0 atom stereocenters. The largest absolute Gasteiger partial charge is 0.426 e. The van der Waals surface area contributed by atoms with Gasteiger partial charge in [0.15, 0.2) is 11.5 Å². The molecule has 6 nitrogen and oxygen atoms in total. The highest BCUT2D eigenvalue weighted by Crippen LogP contribution is 2.38. The standard InChI is InChI=1S/C12H11ClO6/c1-6(14)17-9-4-10(18-7(2)15)12(13)11(5-9)19-8(3)16/h4-5H,1-3H3. The molecular formula is C12H11ClO6. The molecule has 0 N–H and O–H groups in total. The fraction of sp³-hybridized carbons (Fsp3) is 0.250. The zero-order chi connectivity index (χ0) is 14.6. The molecule has 1 rings (SSSR count). The van der Waals surface area contributed by atoms with E-state index in [-0.39, 0.29) is 22.3 Å². The molecule has 19 heavy (non-hydrogen) atoms. The lowest BCUT2D eigenvalue weighted by Gasteiger charge is -2.11. The van der Waals surface area contributed by atoms with Crippen LogP contribution in [-0.2, 0) is 14.4 Å². The van der Waals surface area contributed by atoms with Crippen molar-refractivity contribution in [3.63, 3.8) is 0 Å². The summed E-state index contributed by atoms with van der Waals surface area (Å²) < 4.78 is 14.5. The summed E-state index contributed by atoms with van der Waals surface area (Å²) in [4.78, 5) is 32.8. The second kappa shape index (κ2) is 6.19. The van der Waals surface area contributed by atoms with Crippen molar-refractivity contribution in [1.29, 1.82) is 0 Å². The fourth-order valence-electron chi connectivity index (χ4n) is 1.23. The Balaban J connectivity index is 3.24. The van der Waals surface area contributed by atoms with Gasteiger partial charge in [0.05, 0.1) is 0 Å². The van der Waals surface area contributed by atoms with Gasteiger partial charge in [0, 0.05) is 32.9 Å². The van der Waals surface area contributed by atoms with Crippen LogP contribution in [0.1, 0.15) is 20.8 Å². The van der Waals surface area contributed by atoms with Gasteiger partial charge >= 0.3 is 17.9 Å². The normalized spacial score (nSPS) is 9.68. The van der Waals surface area contributed by atoms with Crippen LogP contribution in [0, 0.1) is 0 Å². The van der Waals surface area contributed by atoms with Gasteiger partial charge in [-0.3, -0.25) is 14.4 Å². The first-order chi connectivity index (χ1) is 8.79. The van der Waals surface area contributed by atoms with E-state index in [1.165, 1.54) is 32.9 Å². The zero-order valence-corrected chi connectivity index (χ0v) is 11.2. The average Bonchev–Trinajstić information content (AvgIpc) is 2.22. The lowest BCUT2D eigenvalue weighted by atomic mass is 10.3. The number of esters is 3. The topological polar surface area (TPSA) is 78.9 Å². The summed E-state index contributed by atoms with van der Waals surface area (Å²) >= 11 is 5.91. The average molecular weight is 287 g/mol. The third-order valence-corrected chi connectivity index (χ3v) is 2.12. The van der Waals surface area contributed by atoms with Crippen LogP contribution in [0.2, 0.25) is 5.02 Å². The van der Waals surface area contributed by atoms with Crippen LogP contribution in [-0.4, -0.2) is 17.9 Å². The second-order valence-corrected chi connectivity index (χ2v) is 3.89. The number of benzene rings is 1. The van der Waals surface area contributed by atoms with Crippen molar-refractivity contribution in [2.45, 2.75) is 20.8 Å². The summed E-state index contributed by atoms with van der Waals surface area (Å²) in [6.07, 6.45) is 0. The minimum Gasteiger partial charge on any atom is -0.426 e. The van der Waals surface area contributed by atoms with E-state index in [0.717, 1.165) is 0 Å². The van der Waals surface area contributed by atoms with Crippen LogP contribution < -0.4 is 14.2 Å². The molecule has 102 valence electrons. The second-order valence-electron chi connectivity index (χ2n) is 3.51. The summed E-state index contributed by atoms with van der Waals surface area (Å²) in [6, 6.07) is 2.50. The zero-order valence-electron chi connectivity index (χ0n) is 10.5. The summed E-state index contributed by atoms with van der Waals surface area (Å²) in [5.41, 5.74) is 0. The van der Waals surface area contributed by atoms with E-state index in [4.69, 9.17) is 25.8 Å². The van der Waals surface area contributed by atoms with E-state index in [1.807, 2.05) is 0 Å². The molecule has 1 aromatic rings. The number of rotatable bonds is 3. The van der Waals surface area contributed by atoms with E-state index < -0.39 is 17.9 Å². The van der Waals surface area contributed by atoms with Gasteiger partial charge in [0.25, 0.3) is 0 Å². The van der Waals surface area contributed by atoms with Crippen LogP contribution in [0.25, 0.3) is 0 Å². The van der Waals surface area contributed by atoms with E-state index >= 15 is 0 Å². The molecule has 0 saturated heterocycles. The Morgan fingerprint density at radius 2 is 1.21 bits per heavy atom. The van der Waals surface area contributed by atoms with Crippen LogP contribution >= 0.6 is 11.6 Å². The smallest absolute Gasteiger partial charge is 0.308 e. The monoisotopic (exact) mass is 286 g/mol. The summed E-state index contributed by atoms with van der Waals surface area (Å²) in [5.74, 6) is -1.89. The van der Waals surface area contributed by atoms with Crippen LogP contribution in [0.4, 0.5) is 0 Å². The van der Waals surface area contributed by atoms with Crippen molar-refractivity contribution in [2.24, 2.45) is 0 Å². The van der Waals surface area contributed by atoms with Crippen LogP contribution in [0.15, 0.2) is 12.1 Å². The number of ether oxygens (including phenoxy) is 3. The van der Waals surface area contributed by atoms with Crippen molar-refractivity contribution < 1.29 is 28.6 Å². The SMILES string of the molecule is CC(=O)Oc1cc(OC(C)=O)c(Cl)c(OC(C)=O)c1. The number of halogens is 1. The van der Waals surface area contributed by atoms with Gasteiger partial charge in [-0.1, -0.05) is 11.6 Å². The van der Waals surface area contributed by atoms with Gasteiger partial charge in [0.1, 0.15) is 10.8 Å². The molecule has 1 aromatic carbocycles. The molecule has 0 bridgehead atoms. The minimum atomic E-state index is -0.615. The first-order valence-electron chi connectivity index (χ1n) is 5.18. The molecule has 0 heterocycles. The van der Waals surface area contributed by atoms with Gasteiger partial charge in [-0.15, -0.1) is 0 Å². The molecule has 0 spiro atoms. The molecule has 0 fully saturated rings. The first-order valence-corrected chi connectivity index (χ1v) is 5.56. The molecule has 0 saturated carbocycles. The molecule has 0 aromatic heterocycles. The molecule has 0 aliphatic rings. The molecule has 7 heteroatoms. The van der Waals surface area contributed by atoms with Crippen LogP contribution in [0.3, 0.4) is 0 Å². The number of hydrogen-bond acceptors (Lipinski definition) is 6. The molecule has 0 unspecified atom stereocenters. The first kappa shape index (κ1) is 15.0. The quantitative estimate of drug-likeness (QED) is 0.625. The van der Waals surface area contributed by atoms with Gasteiger partial charge in [-0.2, -0.15) is 0 Å². The Labute approximate surface area is 114 Å². The van der Waals surface area contributed by atoms with Gasteiger partial charge in [0.2, 0.25) is 0 Å². The third-order valence-electron chi connectivity index (χ3n) is 1.75. The molecule has 0 aliphatic carbocycles. The molecule has 0 radical (unpaired) electrons. The highest BCUT2D eigenvalue weighted by atomic mass is 35.5. The minimum absolute atomic E-state index is 0.0457. The lowest BCUT2D eigenvalue weighted by molar-refractivity contribution is -0.132. The maximum absolute atomic E-state index is 10.9. The predicted molar refractivity (Wildman–Crippen MR) is 65.4 cm³/mol. The molecule has 0 aliphatic heterocycles. The van der Waals surface area contributed by atoms with Crippen molar-refractivity contribution in [3.8, 4) is 17.2 Å². The van der Waals surface area contributed by atoms with Crippen molar-refractivity contribution in [3.05, 3.63) is 17.2 Å². The Morgan fingerprint density at radius 3 is 1.53 bits per heavy atom. The summed E-state index contributed by atoms with van der Waals surface area (Å²) in [7, 11) is 0. The highest BCUT2D eigenvalue weighted by Gasteiger charge is 2.16. The predicted octanol–water partition coefficient (Wildman–Crippen LogP) is 2.12. The maximum atomic E-state index is 10.9.